The van der Waals surface area contributed by atoms with Crippen LogP contribution in [0.5, 0.6) is 0 Å². The lowest BCUT2D eigenvalue weighted by Gasteiger charge is -2.07. The highest BCUT2D eigenvalue weighted by Gasteiger charge is 2.34. The molecule has 1 aliphatic rings. The average molecular weight is 265 g/mol. The molecule has 19 heavy (non-hydrogen) atoms. The van der Waals surface area contributed by atoms with E-state index in [-0.39, 0.29) is 5.69 Å². The van der Waals surface area contributed by atoms with Gasteiger partial charge in [-0.25, -0.2) is 13.5 Å². The Morgan fingerprint density at radius 3 is 2.74 bits per heavy atom. The molecule has 7 heteroatoms. The van der Waals surface area contributed by atoms with Crippen LogP contribution in [0.3, 0.4) is 0 Å². The molecule has 2 unspecified atom stereocenters. The van der Waals surface area contributed by atoms with E-state index >= 15 is 0 Å². The summed E-state index contributed by atoms with van der Waals surface area (Å²) in [4.78, 5) is 0. The molecule has 0 amide bonds. The quantitative estimate of drug-likeness (QED) is 0.860. The van der Waals surface area contributed by atoms with Gasteiger partial charge >= 0.3 is 0 Å². The molecule has 2 atom stereocenters. The molecule has 0 aliphatic heterocycles. The second-order valence-corrected chi connectivity index (χ2v) is 5.01. The smallest absolute Gasteiger partial charge is 0.184 e. The number of nitrogens with zero attached hydrogens (tertiary/aromatic N) is 4. The van der Waals surface area contributed by atoms with Gasteiger partial charge in [0.15, 0.2) is 17.5 Å². The van der Waals surface area contributed by atoms with Crippen LogP contribution in [0.4, 0.5) is 14.5 Å². The van der Waals surface area contributed by atoms with E-state index in [1.165, 1.54) is 0 Å². The first-order valence-electron chi connectivity index (χ1n) is 6.07. The highest BCUT2D eigenvalue weighted by Crippen LogP contribution is 2.39. The van der Waals surface area contributed by atoms with Crippen molar-refractivity contribution in [2.24, 2.45) is 11.8 Å². The second kappa shape index (κ2) is 4.25. The van der Waals surface area contributed by atoms with Crippen LogP contribution >= 0.6 is 0 Å². The van der Waals surface area contributed by atoms with Crippen molar-refractivity contribution in [3.05, 3.63) is 23.8 Å². The lowest BCUT2D eigenvalue weighted by atomic mass is 10.1. The highest BCUT2D eigenvalue weighted by molar-refractivity contribution is 5.71. The Kier molecular flexibility index (Phi) is 2.69. The normalized spacial score (nSPS) is 21.6. The Balaban J connectivity index is 1.98. The third-order valence-electron chi connectivity index (χ3n) is 3.55. The van der Waals surface area contributed by atoms with Crippen molar-refractivity contribution in [1.82, 2.24) is 20.2 Å². The van der Waals surface area contributed by atoms with Crippen LogP contribution in [0.25, 0.3) is 11.4 Å². The summed E-state index contributed by atoms with van der Waals surface area (Å²) in [6.07, 6.45) is 1.13. The number of nitrogen functional groups attached to an aromatic ring is 1. The number of hydrogen-bond donors (Lipinski definition) is 1. The number of nitrogens with two attached hydrogens (primary N) is 1. The van der Waals surface area contributed by atoms with Crippen LogP contribution in [-0.4, -0.2) is 20.2 Å². The number of halogens is 2. The molecular weight excluding hydrogens is 252 g/mol. The molecule has 1 saturated carbocycles. The Labute approximate surface area is 108 Å². The van der Waals surface area contributed by atoms with Crippen molar-refractivity contribution < 1.29 is 8.78 Å². The fraction of sp³-hybridized carbons (Fsp3) is 0.417. The van der Waals surface area contributed by atoms with Crippen LogP contribution in [0.2, 0.25) is 0 Å². The van der Waals surface area contributed by atoms with E-state index in [9.17, 15) is 8.78 Å². The van der Waals surface area contributed by atoms with Gasteiger partial charge in [-0.3, -0.25) is 0 Å². The van der Waals surface area contributed by atoms with Gasteiger partial charge in [0, 0.05) is 23.9 Å². The number of hydrogen-bond acceptors (Lipinski definition) is 4. The van der Waals surface area contributed by atoms with E-state index in [2.05, 4.69) is 22.4 Å². The van der Waals surface area contributed by atoms with Gasteiger partial charge in [0.25, 0.3) is 0 Å². The van der Waals surface area contributed by atoms with Gasteiger partial charge in [-0.2, -0.15) is 0 Å². The number of rotatable bonds is 3. The minimum Gasteiger partial charge on any atom is -0.398 e. The fourth-order valence-corrected chi connectivity index (χ4v) is 2.15. The Morgan fingerprint density at radius 1 is 1.37 bits per heavy atom. The van der Waals surface area contributed by atoms with E-state index in [1.54, 1.807) is 4.68 Å². The number of anilines is 1. The van der Waals surface area contributed by atoms with Gasteiger partial charge in [0.2, 0.25) is 0 Å². The van der Waals surface area contributed by atoms with Gasteiger partial charge < -0.3 is 5.73 Å². The molecule has 0 spiro atoms. The molecule has 1 heterocycles. The third kappa shape index (κ3) is 2.16. The minimum absolute atomic E-state index is 0.124. The predicted molar refractivity (Wildman–Crippen MR) is 64.9 cm³/mol. The first kappa shape index (κ1) is 12.0. The summed E-state index contributed by atoms with van der Waals surface area (Å²) in [5, 5.41) is 11.3. The molecule has 3 rings (SSSR count). The first-order valence-corrected chi connectivity index (χ1v) is 6.07. The molecule has 100 valence electrons. The van der Waals surface area contributed by atoms with Crippen LogP contribution in [0, 0.1) is 23.5 Å². The zero-order valence-electron chi connectivity index (χ0n) is 10.3. The Hall–Kier alpha value is -2.05. The molecule has 1 aromatic carbocycles. The lowest BCUT2D eigenvalue weighted by molar-refractivity contribution is 0.508. The summed E-state index contributed by atoms with van der Waals surface area (Å²) in [6, 6.07) is 1.98. The Morgan fingerprint density at radius 2 is 2.05 bits per heavy atom. The molecular formula is C12H13F2N5. The maximum Gasteiger partial charge on any atom is 0.184 e. The maximum absolute atomic E-state index is 13.3. The number of tetrazole rings is 1. The molecule has 1 aromatic heterocycles. The SMILES string of the molecule is CC1CC1Cn1nnnc1-c1cc(F)c(F)cc1N. The Bertz CT molecular complexity index is 625. The minimum atomic E-state index is -0.976. The van der Waals surface area contributed by atoms with E-state index in [1.807, 2.05) is 0 Å². The fourth-order valence-electron chi connectivity index (χ4n) is 2.15. The summed E-state index contributed by atoms with van der Waals surface area (Å²) in [5.74, 6) is -0.377. The topological polar surface area (TPSA) is 69.6 Å². The van der Waals surface area contributed by atoms with Gasteiger partial charge in [-0.15, -0.1) is 5.10 Å². The van der Waals surface area contributed by atoms with E-state index in [0.29, 0.717) is 29.8 Å². The molecule has 1 aliphatic carbocycles. The van der Waals surface area contributed by atoms with Crippen LogP contribution in [-0.2, 0) is 6.54 Å². The predicted octanol–water partition coefficient (Wildman–Crippen LogP) is 1.86. The van der Waals surface area contributed by atoms with E-state index in [0.717, 1.165) is 18.6 Å². The van der Waals surface area contributed by atoms with Crippen molar-refractivity contribution in [2.45, 2.75) is 19.9 Å². The lowest BCUT2D eigenvalue weighted by Crippen LogP contribution is -2.07. The van der Waals surface area contributed by atoms with Crippen molar-refractivity contribution in [2.75, 3.05) is 5.73 Å². The van der Waals surface area contributed by atoms with E-state index in [4.69, 9.17) is 5.73 Å². The van der Waals surface area contributed by atoms with Gasteiger partial charge in [0.1, 0.15) is 0 Å². The highest BCUT2D eigenvalue weighted by atomic mass is 19.2. The number of aromatic nitrogens is 4. The standard InChI is InChI=1S/C12H13F2N5/c1-6-2-7(6)5-19-12(16-17-18-19)8-3-9(13)10(14)4-11(8)15/h3-4,6-7H,2,5,15H2,1H3. The summed E-state index contributed by atoms with van der Waals surface area (Å²) in [5.41, 5.74) is 6.15. The zero-order valence-corrected chi connectivity index (χ0v) is 10.3. The summed E-state index contributed by atoms with van der Waals surface area (Å²) in [7, 11) is 0. The van der Waals surface area contributed by atoms with Crippen LogP contribution in [0.15, 0.2) is 12.1 Å². The molecule has 1 fully saturated rings. The van der Waals surface area contributed by atoms with Gasteiger partial charge in [-0.05, 0) is 34.7 Å². The van der Waals surface area contributed by atoms with Gasteiger partial charge in [0.05, 0.1) is 0 Å². The van der Waals surface area contributed by atoms with Gasteiger partial charge in [-0.1, -0.05) is 6.92 Å². The molecule has 0 radical (unpaired) electrons. The van der Waals surface area contributed by atoms with Crippen molar-refractivity contribution >= 4 is 5.69 Å². The number of benzene rings is 1. The molecule has 0 bridgehead atoms. The molecule has 0 saturated heterocycles. The summed E-state index contributed by atoms with van der Waals surface area (Å²) >= 11 is 0. The first-order chi connectivity index (χ1) is 9.06. The molecule has 5 nitrogen and oxygen atoms in total. The monoisotopic (exact) mass is 265 g/mol. The zero-order chi connectivity index (χ0) is 13.6. The maximum atomic E-state index is 13.3. The molecule has 2 N–H and O–H groups in total. The molecule has 2 aromatic rings. The summed E-state index contributed by atoms with van der Waals surface area (Å²) < 4.78 is 28.0. The van der Waals surface area contributed by atoms with Crippen molar-refractivity contribution in [1.29, 1.82) is 0 Å². The summed E-state index contributed by atoms with van der Waals surface area (Å²) in [6.45, 7) is 2.82. The third-order valence-corrected chi connectivity index (χ3v) is 3.55. The average Bonchev–Trinajstić information content (AvgIpc) is 2.87. The van der Waals surface area contributed by atoms with Crippen molar-refractivity contribution in [3.63, 3.8) is 0 Å². The second-order valence-electron chi connectivity index (χ2n) is 5.01. The largest absolute Gasteiger partial charge is 0.398 e. The van der Waals surface area contributed by atoms with E-state index < -0.39 is 11.6 Å². The van der Waals surface area contributed by atoms with Crippen LogP contribution in [0.1, 0.15) is 13.3 Å². The van der Waals surface area contributed by atoms with Crippen LogP contribution < -0.4 is 5.73 Å². The van der Waals surface area contributed by atoms with Crippen molar-refractivity contribution in [3.8, 4) is 11.4 Å².